The first-order valence-electron chi connectivity index (χ1n) is 6.39. The zero-order chi connectivity index (χ0) is 14.7. The maximum Gasteiger partial charge on any atom is 0.123 e. The molecule has 0 amide bonds. The van der Waals surface area contributed by atoms with Crippen LogP contribution in [-0.2, 0) is 16.6 Å². The lowest BCUT2D eigenvalue weighted by Crippen LogP contribution is -2.03. The SMILES string of the molecule is COc1ccc(C)cc1CS(=O)c1ccc(C)cc1N. The molecule has 1 unspecified atom stereocenters. The summed E-state index contributed by atoms with van der Waals surface area (Å²) < 4.78 is 17.8. The Morgan fingerprint density at radius 2 is 1.75 bits per heavy atom. The van der Waals surface area contributed by atoms with Gasteiger partial charge in [0.25, 0.3) is 0 Å². The molecule has 0 aliphatic carbocycles. The highest BCUT2D eigenvalue weighted by molar-refractivity contribution is 7.84. The largest absolute Gasteiger partial charge is 0.496 e. The van der Waals surface area contributed by atoms with Gasteiger partial charge >= 0.3 is 0 Å². The highest BCUT2D eigenvalue weighted by Crippen LogP contribution is 2.25. The summed E-state index contributed by atoms with van der Waals surface area (Å²) in [5, 5.41) is 0. The Kier molecular flexibility index (Phi) is 4.45. The van der Waals surface area contributed by atoms with Gasteiger partial charge in [-0.3, -0.25) is 4.21 Å². The van der Waals surface area contributed by atoms with Gasteiger partial charge in [0.05, 0.1) is 28.6 Å². The summed E-state index contributed by atoms with van der Waals surface area (Å²) in [7, 11) is 0.443. The number of ether oxygens (including phenoxy) is 1. The van der Waals surface area contributed by atoms with Gasteiger partial charge in [-0.1, -0.05) is 23.8 Å². The fraction of sp³-hybridized carbons (Fsp3) is 0.250. The molecule has 0 saturated heterocycles. The predicted molar refractivity (Wildman–Crippen MR) is 83.4 cm³/mol. The second kappa shape index (κ2) is 6.09. The van der Waals surface area contributed by atoms with E-state index in [1.807, 2.05) is 50.2 Å². The molecule has 3 nitrogen and oxygen atoms in total. The normalized spacial score (nSPS) is 12.2. The summed E-state index contributed by atoms with van der Waals surface area (Å²) in [5.41, 5.74) is 9.65. The van der Waals surface area contributed by atoms with E-state index in [2.05, 4.69) is 0 Å². The Hall–Kier alpha value is -1.81. The topological polar surface area (TPSA) is 52.3 Å². The van der Waals surface area contributed by atoms with Crippen molar-refractivity contribution in [2.45, 2.75) is 24.5 Å². The lowest BCUT2D eigenvalue weighted by Gasteiger charge is -2.11. The van der Waals surface area contributed by atoms with E-state index in [4.69, 9.17) is 10.5 Å². The predicted octanol–water partition coefficient (Wildman–Crippen LogP) is 3.20. The number of hydrogen-bond acceptors (Lipinski definition) is 3. The monoisotopic (exact) mass is 289 g/mol. The van der Waals surface area contributed by atoms with Gasteiger partial charge in [-0.05, 0) is 37.6 Å². The molecule has 0 aliphatic rings. The van der Waals surface area contributed by atoms with Crippen LogP contribution in [-0.4, -0.2) is 11.3 Å². The van der Waals surface area contributed by atoms with Crippen molar-refractivity contribution in [3.05, 3.63) is 53.1 Å². The van der Waals surface area contributed by atoms with Gasteiger partial charge in [0.1, 0.15) is 5.75 Å². The maximum atomic E-state index is 12.5. The van der Waals surface area contributed by atoms with E-state index in [1.165, 1.54) is 0 Å². The molecule has 0 bridgehead atoms. The second-order valence-corrected chi connectivity index (χ2v) is 6.27. The molecule has 4 heteroatoms. The first-order valence-corrected chi connectivity index (χ1v) is 7.71. The Morgan fingerprint density at radius 3 is 2.40 bits per heavy atom. The Labute approximate surface area is 122 Å². The van der Waals surface area contributed by atoms with E-state index in [0.29, 0.717) is 16.3 Å². The summed E-state index contributed by atoms with van der Waals surface area (Å²) in [4.78, 5) is 0.680. The summed E-state index contributed by atoms with van der Waals surface area (Å²) in [6.07, 6.45) is 0. The standard InChI is InChI=1S/C16H19NO2S/c1-11-4-6-15(19-3)13(8-11)10-20(18)16-7-5-12(2)9-14(16)17/h4-9H,10,17H2,1-3H3. The Balaban J connectivity index is 2.30. The minimum absolute atomic E-state index is 0.401. The lowest BCUT2D eigenvalue weighted by atomic mass is 10.1. The highest BCUT2D eigenvalue weighted by Gasteiger charge is 2.12. The minimum Gasteiger partial charge on any atom is -0.496 e. The molecule has 0 radical (unpaired) electrons. The number of benzene rings is 2. The Bertz CT molecular complexity index is 653. The van der Waals surface area contributed by atoms with E-state index in [-0.39, 0.29) is 0 Å². The molecule has 106 valence electrons. The zero-order valence-electron chi connectivity index (χ0n) is 12.0. The van der Waals surface area contributed by atoms with Crippen molar-refractivity contribution in [1.82, 2.24) is 0 Å². The van der Waals surface area contributed by atoms with E-state index in [9.17, 15) is 4.21 Å². The van der Waals surface area contributed by atoms with Gasteiger partial charge in [0, 0.05) is 11.3 Å². The van der Waals surface area contributed by atoms with Crippen LogP contribution < -0.4 is 10.5 Å². The first-order chi connectivity index (χ1) is 9.51. The molecule has 0 fully saturated rings. The van der Waals surface area contributed by atoms with Crippen LogP contribution in [0.1, 0.15) is 16.7 Å². The molecule has 2 aromatic carbocycles. The molecule has 2 N–H and O–H groups in total. The number of aryl methyl sites for hydroxylation is 2. The molecular weight excluding hydrogens is 270 g/mol. The lowest BCUT2D eigenvalue weighted by molar-refractivity contribution is 0.411. The fourth-order valence-corrected chi connectivity index (χ4v) is 3.32. The third kappa shape index (κ3) is 3.20. The third-order valence-electron chi connectivity index (χ3n) is 3.13. The van der Waals surface area contributed by atoms with Crippen LogP contribution in [0.3, 0.4) is 0 Å². The van der Waals surface area contributed by atoms with Crippen molar-refractivity contribution in [2.75, 3.05) is 12.8 Å². The van der Waals surface area contributed by atoms with Crippen molar-refractivity contribution in [3.8, 4) is 5.75 Å². The van der Waals surface area contributed by atoms with Crippen molar-refractivity contribution in [2.24, 2.45) is 0 Å². The molecule has 1 atom stereocenters. The number of hydrogen-bond donors (Lipinski definition) is 1. The number of nitrogen functional groups attached to an aromatic ring is 1. The van der Waals surface area contributed by atoms with Gasteiger partial charge in [0.15, 0.2) is 0 Å². The van der Waals surface area contributed by atoms with Crippen LogP contribution in [0.25, 0.3) is 0 Å². The summed E-state index contributed by atoms with van der Waals surface area (Å²) in [6.45, 7) is 3.97. The number of nitrogens with two attached hydrogens (primary N) is 1. The summed E-state index contributed by atoms with van der Waals surface area (Å²) in [6, 6.07) is 11.5. The molecule has 0 aliphatic heterocycles. The van der Waals surface area contributed by atoms with Crippen LogP contribution >= 0.6 is 0 Å². The van der Waals surface area contributed by atoms with Crippen LogP contribution in [0.5, 0.6) is 5.75 Å². The van der Waals surface area contributed by atoms with E-state index in [0.717, 1.165) is 22.4 Å². The smallest absolute Gasteiger partial charge is 0.123 e. The van der Waals surface area contributed by atoms with Gasteiger partial charge < -0.3 is 10.5 Å². The van der Waals surface area contributed by atoms with Gasteiger partial charge in [0.2, 0.25) is 0 Å². The van der Waals surface area contributed by atoms with Crippen molar-refractivity contribution < 1.29 is 8.95 Å². The summed E-state index contributed by atoms with van der Waals surface area (Å²) in [5.74, 6) is 1.16. The molecule has 0 spiro atoms. The highest BCUT2D eigenvalue weighted by atomic mass is 32.2. The van der Waals surface area contributed by atoms with Crippen molar-refractivity contribution in [1.29, 1.82) is 0 Å². The molecule has 2 rings (SSSR count). The van der Waals surface area contributed by atoms with Gasteiger partial charge in [-0.2, -0.15) is 0 Å². The number of rotatable bonds is 4. The molecule has 2 aromatic rings. The quantitative estimate of drug-likeness (QED) is 0.879. The van der Waals surface area contributed by atoms with E-state index < -0.39 is 10.8 Å². The van der Waals surface area contributed by atoms with Crippen LogP contribution in [0.15, 0.2) is 41.3 Å². The molecule has 20 heavy (non-hydrogen) atoms. The molecule has 0 aromatic heterocycles. The van der Waals surface area contributed by atoms with Crippen molar-refractivity contribution in [3.63, 3.8) is 0 Å². The average Bonchev–Trinajstić information content (AvgIpc) is 2.38. The molecule has 0 saturated carbocycles. The van der Waals surface area contributed by atoms with Crippen LogP contribution in [0.2, 0.25) is 0 Å². The Morgan fingerprint density at radius 1 is 1.10 bits per heavy atom. The van der Waals surface area contributed by atoms with Crippen LogP contribution in [0, 0.1) is 13.8 Å². The average molecular weight is 289 g/mol. The molecule has 0 heterocycles. The van der Waals surface area contributed by atoms with Crippen LogP contribution in [0.4, 0.5) is 5.69 Å². The number of methoxy groups -OCH3 is 1. The number of anilines is 1. The summed E-state index contributed by atoms with van der Waals surface area (Å²) >= 11 is 0. The second-order valence-electron chi connectivity index (χ2n) is 4.85. The van der Waals surface area contributed by atoms with Gasteiger partial charge in [-0.15, -0.1) is 0 Å². The van der Waals surface area contributed by atoms with E-state index in [1.54, 1.807) is 7.11 Å². The fourth-order valence-electron chi connectivity index (χ4n) is 2.11. The molecular formula is C16H19NO2S. The van der Waals surface area contributed by atoms with E-state index >= 15 is 0 Å². The van der Waals surface area contributed by atoms with Gasteiger partial charge in [-0.25, -0.2) is 0 Å². The third-order valence-corrected chi connectivity index (χ3v) is 4.57. The van der Waals surface area contributed by atoms with Crippen molar-refractivity contribution >= 4 is 16.5 Å². The zero-order valence-corrected chi connectivity index (χ0v) is 12.8. The maximum absolute atomic E-state index is 12.5. The minimum atomic E-state index is -1.18. The first kappa shape index (κ1) is 14.6.